The fourth-order valence-corrected chi connectivity index (χ4v) is 5.48. The summed E-state index contributed by atoms with van der Waals surface area (Å²) in [7, 11) is 0. The van der Waals surface area contributed by atoms with Gasteiger partial charge < -0.3 is 15.0 Å². The number of amides is 1. The van der Waals surface area contributed by atoms with E-state index >= 15 is 0 Å². The number of benzene rings is 1. The lowest BCUT2D eigenvalue weighted by Gasteiger charge is -2.41. The molecule has 28 heavy (non-hydrogen) atoms. The summed E-state index contributed by atoms with van der Waals surface area (Å²) < 4.78 is 0. The van der Waals surface area contributed by atoms with Crippen LogP contribution in [0, 0.1) is 18.8 Å². The van der Waals surface area contributed by atoms with Crippen LogP contribution in [0.3, 0.4) is 0 Å². The summed E-state index contributed by atoms with van der Waals surface area (Å²) in [6.45, 7) is 3.03. The van der Waals surface area contributed by atoms with Crippen LogP contribution < -0.4 is 5.56 Å². The van der Waals surface area contributed by atoms with Gasteiger partial charge in [-0.1, -0.05) is 42.1 Å². The Morgan fingerprint density at radius 1 is 1.36 bits per heavy atom. The van der Waals surface area contributed by atoms with E-state index in [1.165, 1.54) is 17.8 Å². The molecule has 1 aliphatic heterocycles. The van der Waals surface area contributed by atoms with Gasteiger partial charge in [-0.05, 0) is 37.7 Å². The molecule has 0 spiro atoms. The topological polar surface area (TPSA) is 86.3 Å². The van der Waals surface area contributed by atoms with Gasteiger partial charge in [0.05, 0.1) is 11.4 Å². The van der Waals surface area contributed by atoms with Crippen molar-refractivity contribution in [3.05, 3.63) is 58.0 Å². The molecule has 3 atom stereocenters. The van der Waals surface area contributed by atoms with Gasteiger partial charge in [-0.2, -0.15) is 0 Å². The maximum absolute atomic E-state index is 12.8. The molecule has 1 saturated carbocycles. The zero-order valence-electron chi connectivity index (χ0n) is 15.9. The Balaban J connectivity index is 1.45. The summed E-state index contributed by atoms with van der Waals surface area (Å²) in [6, 6.07) is 11.3. The van der Waals surface area contributed by atoms with Crippen molar-refractivity contribution >= 4 is 17.7 Å². The fourth-order valence-electron chi connectivity index (χ4n) is 4.65. The molecule has 0 radical (unpaired) electrons. The summed E-state index contributed by atoms with van der Waals surface area (Å²) in [4.78, 5) is 33.1. The van der Waals surface area contributed by atoms with Gasteiger partial charge in [0.15, 0.2) is 5.16 Å². The number of fused-ring (bicyclic) bond motifs is 1. The second kappa shape index (κ2) is 7.72. The van der Waals surface area contributed by atoms with Gasteiger partial charge in [-0.15, -0.1) is 0 Å². The number of carbonyl (C=O) groups excluding carboxylic acids is 1. The van der Waals surface area contributed by atoms with Crippen molar-refractivity contribution in [3.8, 4) is 0 Å². The van der Waals surface area contributed by atoms with E-state index in [4.69, 9.17) is 0 Å². The first kappa shape index (κ1) is 19.2. The third-order valence-corrected chi connectivity index (χ3v) is 6.85. The molecule has 6 nitrogen and oxygen atoms in total. The van der Waals surface area contributed by atoms with Gasteiger partial charge in [0.25, 0.3) is 5.56 Å². The molecular weight excluding hydrogens is 374 g/mol. The Morgan fingerprint density at radius 3 is 2.89 bits per heavy atom. The summed E-state index contributed by atoms with van der Waals surface area (Å²) in [5, 5.41) is 12.0. The number of aliphatic hydroxyl groups is 1. The molecule has 1 amide bonds. The minimum Gasteiger partial charge on any atom is -0.385 e. The molecule has 2 N–H and O–H groups in total. The van der Waals surface area contributed by atoms with Crippen LogP contribution in [0.1, 0.15) is 30.5 Å². The van der Waals surface area contributed by atoms with Crippen LogP contribution in [-0.2, 0) is 10.4 Å². The quantitative estimate of drug-likeness (QED) is 0.609. The van der Waals surface area contributed by atoms with Crippen LogP contribution in [0.5, 0.6) is 0 Å². The van der Waals surface area contributed by atoms with E-state index in [2.05, 4.69) is 9.97 Å². The Morgan fingerprint density at radius 2 is 2.14 bits per heavy atom. The first-order valence-corrected chi connectivity index (χ1v) is 10.7. The van der Waals surface area contributed by atoms with E-state index < -0.39 is 5.60 Å². The third kappa shape index (κ3) is 3.73. The zero-order chi connectivity index (χ0) is 19.7. The maximum Gasteiger partial charge on any atom is 0.251 e. The summed E-state index contributed by atoms with van der Waals surface area (Å²) in [6.07, 6.45) is 2.75. The van der Waals surface area contributed by atoms with Crippen LogP contribution in [0.25, 0.3) is 0 Å². The number of likely N-dealkylation sites (tertiary alicyclic amines) is 1. The molecule has 0 unspecified atom stereocenters. The number of rotatable bonds is 4. The van der Waals surface area contributed by atoms with Crippen molar-refractivity contribution in [3.63, 3.8) is 0 Å². The third-order valence-electron chi connectivity index (χ3n) is 5.99. The van der Waals surface area contributed by atoms with Crippen molar-refractivity contribution < 1.29 is 9.90 Å². The number of nitrogens with one attached hydrogen (secondary N) is 1. The van der Waals surface area contributed by atoms with Gasteiger partial charge in [0.1, 0.15) is 0 Å². The molecule has 2 heterocycles. The SMILES string of the molecule is Cc1cc(=O)[nH]c(SCC(=O)N2C[C@@H]3CCC[C@@](O)(c4ccccc4)[C@@H]3C2)n1. The molecule has 2 aromatic rings. The van der Waals surface area contributed by atoms with Crippen LogP contribution in [-0.4, -0.2) is 44.7 Å². The van der Waals surface area contributed by atoms with Crippen molar-refractivity contribution in [2.75, 3.05) is 18.8 Å². The molecule has 0 bridgehead atoms. The highest BCUT2D eigenvalue weighted by molar-refractivity contribution is 7.99. The van der Waals surface area contributed by atoms with Crippen molar-refractivity contribution in [2.45, 2.75) is 36.9 Å². The molecule has 7 heteroatoms. The Hall–Kier alpha value is -2.12. The number of thioether (sulfide) groups is 1. The maximum atomic E-state index is 12.8. The van der Waals surface area contributed by atoms with E-state index in [0.29, 0.717) is 29.9 Å². The number of hydrogen-bond acceptors (Lipinski definition) is 5. The van der Waals surface area contributed by atoms with E-state index in [9.17, 15) is 14.7 Å². The van der Waals surface area contributed by atoms with E-state index in [1.807, 2.05) is 35.2 Å². The minimum absolute atomic E-state index is 0.0268. The molecule has 1 aliphatic carbocycles. The Kier molecular flexibility index (Phi) is 5.29. The number of carbonyl (C=O) groups is 1. The first-order valence-electron chi connectivity index (χ1n) is 9.72. The lowest BCUT2D eigenvalue weighted by molar-refractivity contribution is -0.128. The lowest BCUT2D eigenvalue weighted by Crippen LogP contribution is -2.43. The largest absolute Gasteiger partial charge is 0.385 e. The van der Waals surface area contributed by atoms with Gasteiger partial charge in [-0.3, -0.25) is 9.59 Å². The highest BCUT2D eigenvalue weighted by Crippen LogP contribution is 2.48. The number of hydrogen-bond donors (Lipinski definition) is 2. The molecule has 1 aromatic carbocycles. The monoisotopic (exact) mass is 399 g/mol. The molecule has 4 rings (SSSR count). The van der Waals surface area contributed by atoms with E-state index in [1.54, 1.807) is 6.92 Å². The van der Waals surface area contributed by atoms with E-state index in [0.717, 1.165) is 24.8 Å². The molecular formula is C21H25N3O3S. The van der Waals surface area contributed by atoms with Crippen LogP contribution in [0.2, 0.25) is 0 Å². The number of H-pyrrole nitrogens is 1. The number of nitrogens with zero attached hydrogens (tertiary/aromatic N) is 2. The van der Waals surface area contributed by atoms with E-state index in [-0.39, 0.29) is 23.1 Å². The van der Waals surface area contributed by atoms with Gasteiger partial charge >= 0.3 is 0 Å². The fraction of sp³-hybridized carbons (Fsp3) is 0.476. The molecule has 148 valence electrons. The molecule has 1 aromatic heterocycles. The average molecular weight is 400 g/mol. The van der Waals surface area contributed by atoms with Crippen LogP contribution in [0.4, 0.5) is 0 Å². The summed E-state index contributed by atoms with van der Waals surface area (Å²) in [5.41, 5.74) is 0.520. The predicted molar refractivity (Wildman–Crippen MR) is 108 cm³/mol. The lowest BCUT2D eigenvalue weighted by atomic mass is 9.67. The molecule has 2 fully saturated rings. The van der Waals surface area contributed by atoms with Crippen LogP contribution in [0.15, 0.2) is 46.3 Å². The highest BCUT2D eigenvalue weighted by atomic mass is 32.2. The first-order chi connectivity index (χ1) is 13.5. The van der Waals surface area contributed by atoms with Crippen molar-refractivity contribution in [2.24, 2.45) is 11.8 Å². The Bertz CT molecular complexity index is 917. The van der Waals surface area contributed by atoms with Crippen molar-refractivity contribution in [1.82, 2.24) is 14.9 Å². The normalized spacial score (nSPS) is 26.9. The number of aryl methyl sites for hydroxylation is 1. The highest BCUT2D eigenvalue weighted by Gasteiger charge is 2.50. The van der Waals surface area contributed by atoms with Gasteiger partial charge in [0, 0.05) is 30.8 Å². The smallest absolute Gasteiger partial charge is 0.251 e. The second-order valence-corrected chi connectivity index (χ2v) is 8.79. The molecule has 1 saturated heterocycles. The molecule has 2 aliphatic rings. The number of aromatic nitrogens is 2. The summed E-state index contributed by atoms with van der Waals surface area (Å²) in [5.74, 6) is 0.647. The standard InChI is InChI=1S/C21H25N3O3S/c1-14-10-18(25)23-20(22-14)28-13-19(26)24-11-15-6-5-9-21(27,17(15)12-24)16-7-3-2-4-8-16/h2-4,7-8,10,15,17,27H,5-6,9,11-13H2,1H3,(H,22,23,25)/t15-,17+,21+/m0/s1. The van der Waals surface area contributed by atoms with Gasteiger partial charge in [-0.25, -0.2) is 4.98 Å². The van der Waals surface area contributed by atoms with Gasteiger partial charge in [0.2, 0.25) is 5.91 Å². The zero-order valence-corrected chi connectivity index (χ0v) is 16.7. The Labute approximate surface area is 168 Å². The van der Waals surface area contributed by atoms with Crippen LogP contribution >= 0.6 is 11.8 Å². The average Bonchev–Trinajstić information content (AvgIpc) is 3.12. The predicted octanol–water partition coefficient (Wildman–Crippen LogP) is 2.32. The van der Waals surface area contributed by atoms with Crippen molar-refractivity contribution in [1.29, 1.82) is 0 Å². The summed E-state index contributed by atoms with van der Waals surface area (Å²) >= 11 is 1.25. The minimum atomic E-state index is -0.865. The second-order valence-electron chi connectivity index (χ2n) is 7.83. The number of aromatic amines is 1.